The normalized spacial score (nSPS) is 11.5. The number of nitrogens with one attached hydrogen (secondary N) is 1. The van der Waals surface area contributed by atoms with E-state index in [1.165, 1.54) is 0 Å². The molecule has 68 valence electrons. The van der Waals surface area contributed by atoms with E-state index in [1.807, 2.05) is 26.8 Å². The van der Waals surface area contributed by atoms with E-state index in [0.29, 0.717) is 6.54 Å². The van der Waals surface area contributed by atoms with E-state index < -0.39 is 0 Å². The number of aliphatic imine (C=N–C) groups is 1. The Bertz CT molecular complexity index is 195. The summed E-state index contributed by atoms with van der Waals surface area (Å²) < 4.78 is 0. The molecule has 0 aromatic rings. The zero-order valence-electron chi connectivity index (χ0n) is 7.92. The van der Waals surface area contributed by atoms with Crippen molar-refractivity contribution in [3.8, 4) is 0 Å². The molecule has 0 atom stereocenters. The van der Waals surface area contributed by atoms with E-state index >= 15 is 0 Å². The number of hydrogen-bond acceptors (Lipinski definition) is 2. The molecule has 0 unspecified atom stereocenters. The number of nitrogens with zero attached hydrogens (tertiary/aromatic N) is 1. The van der Waals surface area contributed by atoms with E-state index in [0.717, 1.165) is 5.70 Å². The van der Waals surface area contributed by atoms with E-state index in [2.05, 4.69) is 17.0 Å². The van der Waals surface area contributed by atoms with Gasteiger partial charge in [-0.2, -0.15) is 0 Å². The molecule has 0 rings (SSSR count). The van der Waals surface area contributed by atoms with Crippen molar-refractivity contribution in [3.05, 3.63) is 11.8 Å². The second-order valence-corrected chi connectivity index (χ2v) is 2.81. The van der Waals surface area contributed by atoms with Crippen molar-refractivity contribution in [2.45, 2.75) is 20.8 Å². The molecule has 0 saturated carbocycles. The third-order valence-corrected chi connectivity index (χ3v) is 1.50. The first-order chi connectivity index (χ1) is 5.61. The number of amides is 1. The molecular formula is C9H16N2O. The molecule has 0 spiro atoms. The molecule has 0 aliphatic carbocycles. The van der Waals surface area contributed by atoms with E-state index in [9.17, 15) is 4.79 Å². The highest BCUT2D eigenvalue weighted by atomic mass is 16.1. The van der Waals surface area contributed by atoms with Crippen LogP contribution in [0, 0.1) is 5.92 Å². The summed E-state index contributed by atoms with van der Waals surface area (Å²) in [5, 5.41) is 2.74. The molecule has 0 saturated heterocycles. The first-order valence-electron chi connectivity index (χ1n) is 4.01. The predicted octanol–water partition coefficient (Wildman–Crippen LogP) is 1.36. The topological polar surface area (TPSA) is 41.5 Å². The molecule has 0 bridgehead atoms. The van der Waals surface area contributed by atoms with Gasteiger partial charge in [0.05, 0.1) is 12.2 Å². The fraction of sp³-hybridized carbons (Fsp3) is 0.556. The first-order valence-corrected chi connectivity index (χ1v) is 4.01. The van der Waals surface area contributed by atoms with Crippen LogP contribution in [0.5, 0.6) is 0 Å². The fourth-order valence-corrected chi connectivity index (χ4v) is 0.631. The van der Waals surface area contributed by atoms with E-state index in [1.54, 1.807) is 0 Å². The molecule has 0 aromatic heterocycles. The lowest BCUT2D eigenvalue weighted by molar-refractivity contribution is -0.123. The molecule has 0 radical (unpaired) electrons. The van der Waals surface area contributed by atoms with Crippen LogP contribution in [-0.4, -0.2) is 19.2 Å². The fourth-order valence-electron chi connectivity index (χ4n) is 0.631. The summed E-state index contributed by atoms with van der Waals surface area (Å²) in [6.45, 7) is 9.43. The maximum atomic E-state index is 11.1. The summed E-state index contributed by atoms with van der Waals surface area (Å²) >= 11 is 0. The quantitative estimate of drug-likeness (QED) is 0.633. The van der Waals surface area contributed by atoms with Gasteiger partial charge in [0.1, 0.15) is 0 Å². The molecule has 1 amide bonds. The summed E-state index contributed by atoms with van der Waals surface area (Å²) in [4.78, 5) is 14.8. The lowest BCUT2D eigenvalue weighted by atomic mass is 10.2. The number of hydrogen-bond donors (Lipinski definition) is 1. The third kappa shape index (κ3) is 3.91. The van der Waals surface area contributed by atoms with Crippen LogP contribution in [0.1, 0.15) is 20.8 Å². The molecule has 0 aliphatic rings. The van der Waals surface area contributed by atoms with Crippen LogP contribution in [0.3, 0.4) is 0 Å². The van der Waals surface area contributed by atoms with Crippen LogP contribution >= 0.6 is 0 Å². The molecule has 0 aliphatic heterocycles. The van der Waals surface area contributed by atoms with Crippen molar-refractivity contribution in [3.63, 3.8) is 0 Å². The van der Waals surface area contributed by atoms with Gasteiger partial charge in [-0.25, -0.2) is 0 Å². The summed E-state index contributed by atoms with van der Waals surface area (Å²) in [5.74, 6) is 0.0610. The Hall–Kier alpha value is -1.12. The highest BCUT2D eigenvalue weighted by Crippen LogP contribution is 1.94. The summed E-state index contributed by atoms with van der Waals surface area (Å²) in [6, 6.07) is 0. The first kappa shape index (κ1) is 10.9. The Balaban J connectivity index is 3.83. The van der Waals surface area contributed by atoms with E-state index in [4.69, 9.17) is 0 Å². The average molecular weight is 168 g/mol. The molecule has 3 heteroatoms. The number of carbonyl (C=O) groups excluding carboxylic acids is 1. The van der Waals surface area contributed by atoms with Crippen molar-refractivity contribution in [1.29, 1.82) is 0 Å². The second kappa shape index (κ2) is 5.52. The maximum absolute atomic E-state index is 11.1. The number of allylic oxidation sites excluding steroid dienone is 1. The molecule has 0 fully saturated rings. The van der Waals surface area contributed by atoms with Crippen LogP contribution < -0.4 is 5.32 Å². The summed E-state index contributed by atoms with van der Waals surface area (Å²) in [5.41, 5.74) is 0.795. The molecule has 12 heavy (non-hydrogen) atoms. The van der Waals surface area contributed by atoms with Gasteiger partial charge in [-0.05, 0) is 13.6 Å². The monoisotopic (exact) mass is 168 g/mol. The van der Waals surface area contributed by atoms with Crippen molar-refractivity contribution in [1.82, 2.24) is 5.32 Å². The molecular weight excluding hydrogens is 152 g/mol. The Morgan fingerprint density at radius 1 is 1.67 bits per heavy atom. The van der Waals surface area contributed by atoms with Gasteiger partial charge in [0, 0.05) is 5.92 Å². The average Bonchev–Trinajstić information content (AvgIpc) is 2.05. The van der Waals surface area contributed by atoms with Crippen LogP contribution in [0.15, 0.2) is 16.8 Å². The van der Waals surface area contributed by atoms with Crippen molar-refractivity contribution < 1.29 is 4.79 Å². The lowest BCUT2D eigenvalue weighted by Gasteiger charge is -2.06. The Morgan fingerprint density at radius 3 is 2.58 bits per heavy atom. The minimum Gasteiger partial charge on any atom is -0.350 e. The van der Waals surface area contributed by atoms with Crippen molar-refractivity contribution >= 4 is 12.6 Å². The zero-order chi connectivity index (χ0) is 9.56. The molecule has 0 heterocycles. The summed E-state index contributed by atoms with van der Waals surface area (Å²) in [7, 11) is 0. The minimum atomic E-state index is 0.0212. The second-order valence-electron chi connectivity index (χ2n) is 2.81. The lowest BCUT2D eigenvalue weighted by Crippen LogP contribution is -2.29. The van der Waals surface area contributed by atoms with Gasteiger partial charge in [0.25, 0.3) is 0 Å². The van der Waals surface area contributed by atoms with Gasteiger partial charge in [-0.15, -0.1) is 0 Å². The Kier molecular flexibility index (Phi) is 5.00. The Labute approximate surface area is 73.6 Å². The minimum absolute atomic E-state index is 0.0212. The third-order valence-electron chi connectivity index (χ3n) is 1.50. The SMILES string of the molecule is C=N/C(=C\C)CNC(=O)C(C)C. The van der Waals surface area contributed by atoms with Gasteiger partial charge in [0.15, 0.2) is 0 Å². The smallest absolute Gasteiger partial charge is 0.222 e. The van der Waals surface area contributed by atoms with Gasteiger partial charge in [-0.1, -0.05) is 19.9 Å². The van der Waals surface area contributed by atoms with Crippen LogP contribution in [0.2, 0.25) is 0 Å². The molecule has 0 aromatic carbocycles. The van der Waals surface area contributed by atoms with Gasteiger partial charge >= 0.3 is 0 Å². The maximum Gasteiger partial charge on any atom is 0.222 e. The van der Waals surface area contributed by atoms with Crippen LogP contribution in [-0.2, 0) is 4.79 Å². The molecule has 3 nitrogen and oxygen atoms in total. The predicted molar refractivity (Wildman–Crippen MR) is 51.2 cm³/mol. The highest BCUT2D eigenvalue weighted by molar-refractivity contribution is 5.78. The van der Waals surface area contributed by atoms with Crippen molar-refractivity contribution in [2.75, 3.05) is 6.54 Å². The van der Waals surface area contributed by atoms with Crippen molar-refractivity contribution in [2.24, 2.45) is 10.9 Å². The zero-order valence-corrected chi connectivity index (χ0v) is 7.92. The Morgan fingerprint density at radius 2 is 2.25 bits per heavy atom. The van der Waals surface area contributed by atoms with Gasteiger partial charge in [0.2, 0.25) is 5.91 Å². The summed E-state index contributed by atoms with van der Waals surface area (Å²) in [6.07, 6.45) is 1.83. The largest absolute Gasteiger partial charge is 0.350 e. The standard InChI is InChI=1S/C9H16N2O/c1-5-8(10-4)6-11-9(12)7(2)3/h5,7H,4,6H2,1-3H3,(H,11,12)/b8-5-. The van der Waals surface area contributed by atoms with Gasteiger partial charge in [-0.3, -0.25) is 9.79 Å². The molecule has 1 N–H and O–H groups in total. The number of rotatable bonds is 4. The number of carbonyl (C=O) groups is 1. The van der Waals surface area contributed by atoms with Crippen LogP contribution in [0.4, 0.5) is 0 Å². The van der Waals surface area contributed by atoms with Gasteiger partial charge < -0.3 is 5.32 Å². The highest BCUT2D eigenvalue weighted by Gasteiger charge is 2.05. The van der Waals surface area contributed by atoms with E-state index in [-0.39, 0.29) is 11.8 Å². The van der Waals surface area contributed by atoms with Crippen LogP contribution in [0.25, 0.3) is 0 Å².